The van der Waals surface area contributed by atoms with E-state index in [-0.39, 0.29) is 0 Å². The summed E-state index contributed by atoms with van der Waals surface area (Å²) < 4.78 is 50.6. The second kappa shape index (κ2) is 10.1. The largest absolute Gasteiger partial charge is 0.395 e. The molecule has 0 bridgehead atoms. The normalized spacial score (nSPS) is 11.9. The van der Waals surface area contributed by atoms with Crippen LogP contribution in [0.2, 0.25) is 12.6 Å². The molecule has 2 nitrogen and oxygen atoms in total. The van der Waals surface area contributed by atoms with Gasteiger partial charge in [0.25, 0.3) is 0 Å². The number of halogens is 3. The van der Waals surface area contributed by atoms with Gasteiger partial charge in [-0.1, -0.05) is 19.3 Å². The quantitative estimate of drug-likeness (QED) is 0.305. The Morgan fingerprint density at radius 3 is 1.91 bits per heavy atom. The molecule has 1 aromatic carbocycles. The molecule has 0 heterocycles. The van der Waals surface area contributed by atoms with Crippen LogP contribution in [0.25, 0.3) is 0 Å². The van der Waals surface area contributed by atoms with Gasteiger partial charge in [-0.3, -0.25) is 0 Å². The average Bonchev–Trinajstić information content (AvgIpc) is 2.48. The molecule has 0 N–H and O–H groups in total. The Morgan fingerprint density at radius 1 is 0.870 bits per heavy atom. The molecule has 0 saturated heterocycles. The van der Waals surface area contributed by atoms with Crippen molar-refractivity contribution in [2.45, 2.75) is 58.5 Å². The summed E-state index contributed by atoms with van der Waals surface area (Å²) in [5.41, 5.74) is 0.504. The Hall–Kier alpha value is -0.853. The summed E-state index contributed by atoms with van der Waals surface area (Å²) >= 11 is 0. The van der Waals surface area contributed by atoms with E-state index in [2.05, 4.69) is 6.55 Å². The molecule has 132 valence electrons. The second-order valence-electron chi connectivity index (χ2n) is 5.79. The summed E-state index contributed by atoms with van der Waals surface area (Å²) in [7, 11) is -2.04. The number of rotatable bonds is 11. The van der Waals surface area contributed by atoms with Crippen molar-refractivity contribution >= 4 is 8.56 Å². The smallest absolute Gasteiger partial charge is 0.334 e. The summed E-state index contributed by atoms with van der Waals surface area (Å²) in [5, 5.41) is 0. The monoisotopic (exact) mass is 348 g/mol. The lowest BCUT2D eigenvalue weighted by Crippen LogP contribution is -2.38. The molecular formula is C17H27F3O2Si. The van der Waals surface area contributed by atoms with E-state index in [1.54, 1.807) is 0 Å². The summed E-state index contributed by atoms with van der Waals surface area (Å²) in [6.07, 6.45) is 4.39. The van der Waals surface area contributed by atoms with E-state index in [4.69, 9.17) is 8.85 Å². The Bertz CT molecular complexity index is 454. The lowest BCUT2D eigenvalue weighted by atomic mass is 10.1. The first-order chi connectivity index (χ1) is 10.9. The van der Waals surface area contributed by atoms with Gasteiger partial charge in [-0.25, -0.2) is 13.2 Å². The summed E-state index contributed by atoms with van der Waals surface area (Å²) in [4.78, 5) is 0. The average molecular weight is 348 g/mol. The Morgan fingerprint density at radius 2 is 1.39 bits per heavy atom. The molecule has 1 rings (SSSR count). The van der Waals surface area contributed by atoms with Crippen molar-refractivity contribution in [3.8, 4) is 0 Å². The molecule has 0 saturated carbocycles. The maximum absolute atomic E-state index is 13.1. The molecule has 0 aliphatic rings. The third-order valence-corrected chi connectivity index (χ3v) is 6.85. The Balaban J connectivity index is 2.27. The second-order valence-corrected chi connectivity index (χ2v) is 9.13. The fourth-order valence-corrected chi connectivity index (χ4v) is 5.16. The predicted octanol–water partition coefficient (Wildman–Crippen LogP) is 5.35. The van der Waals surface area contributed by atoms with Crippen LogP contribution < -0.4 is 0 Å². The lowest BCUT2D eigenvalue weighted by Gasteiger charge is -2.25. The number of hydrogen-bond donors (Lipinski definition) is 0. The molecule has 1 aromatic rings. The predicted molar refractivity (Wildman–Crippen MR) is 88.2 cm³/mol. The van der Waals surface area contributed by atoms with Crippen LogP contribution in [0, 0.1) is 17.5 Å². The van der Waals surface area contributed by atoms with Crippen molar-refractivity contribution in [1.29, 1.82) is 0 Å². The van der Waals surface area contributed by atoms with Crippen molar-refractivity contribution in [3.05, 3.63) is 35.1 Å². The van der Waals surface area contributed by atoms with E-state index in [1.807, 2.05) is 13.8 Å². The zero-order chi connectivity index (χ0) is 17.3. The minimum absolute atomic E-state index is 0.504. The van der Waals surface area contributed by atoms with Gasteiger partial charge in [0.1, 0.15) is 0 Å². The van der Waals surface area contributed by atoms with Crippen LogP contribution in [0.3, 0.4) is 0 Å². The zero-order valence-electron chi connectivity index (χ0n) is 14.3. The topological polar surface area (TPSA) is 18.5 Å². The van der Waals surface area contributed by atoms with Gasteiger partial charge < -0.3 is 8.85 Å². The van der Waals surface area contributed by atoms with E-state index in [1.165, 1.54) is 0 Å². The van der Waals surface area contributed by atoms with Crippen LogP contribution in [-0.2, 0) is 15.3 Å². The fourth-order valence-electron chi connectivity index (χ4n) is 2.68. The first-order valence-corrected chi connectivity index (χ1v) is 10.9. The van der Waals surface area contributed by atoms with Gasteiger partial charge in [-0.2, -0.15) is 0 Å². The lowest BCUT2D eigenvalue weighted by molar-refractivity contribution is 0.188. The molecule has 6 heteroatoms. The van der Waals surface area contributed by atoms with Gasteiger partial charge in [0.15, 0.2) is 17.5 Å². The molecule has 0 unspecified atom stereocenters. The van der Waals surface area contributed by atoms with Gasteiger partial charge in [-0.15, -0.1) is 0 Å². The van der Waals surface area contributed by atoms with Gasteiger partial charge in [0.2, 0.25) is 0 Å². The molecule has 0 aromatic heterocycles. The molecule has 0 radical (unpaired) electrons. The van der Waals surface area contributed by atoms with Crippen molar-refractivity contribution in [3.63, 3.8) is 0 Å². The van der Waals surface area contributed by atoms with Crippen LogP contribution in [0.4, 0.5) is 13.2 Å². The Kier molecular flexibility index (Phi) is 8.87. The summed E-state index contributed by atoms with van der Waals surface area (Å²) in [6, 6.07) is 3.10. The van der Waals surface area contributed by atoms with Crippen LogP contribution in [0.1, 0.15) is 45.1 Å². The minimum Gasteiger partial charge on any atom is -0.395 e. The van der Waals surface area contributed by atoms with E-state index >= 15 is 0 Å². The van der Waals surface area contributed by atoms with Crippen molar-refractivity contribution in [2.75, 3.05) is 13.2 Å². The maximum atomic E-state index is 13.1. The van der Waals surface area contributed by atoms with Gasteiger partial charge in [-0.05, 0) is 57.0 Å². The molecule has 0 fully saturated rings. The molecule has 0 aliphatic heterocycles. The van der Waals surface area contributed by atoms with E-state index in [0.29, 0.717) is 25.2 Å². The van der Waals surface area contributed by atoms with Crippen LogP contribution in [0.15, 0.2) is 12.1 Å². The fraction of sp³-hybridized carbons (Fsp3) is 0.647. The first-order valence-electron chi connectivity index (χ1n) is 8.33. The van der Waals surface area contributed by atoms with Crippen LogP contribution in [0.5, 0.6) is 0 Å². The van der Waals surface area contributed by atoms with Gasteiger partial charge >= 0.3 is 8.56 Å². The molecule has 0 atom stereocenters. The summed E-state index contributed by atoms with van der Waals surface area (Å²) in [5.74, 6) is -3.63. The molecule has 0 amide bonds. The third-order valence-electron chi connectivity index (χ3n) is 3.79. The molecule has 23 heavy (non-hydrogen) atoms. The highest BCUT2D eigenvalue weighted by Crippen LogP contribution is 2.20. The first kappa shape index (κ1) is 20.2. The highest BCUT2D eigenvalue weighted by atomic mass is 28.4. The number of aryl methyl sites for hydroxylation is 1. The number of unbranched alkanes of at least 4 members (excludes halogenated alkanes) is 3. The third kappa shape index (κ3) is 7.06. The van der Waals surface area contributed by atoms with Crippen LogP contribution >= 0.6 is 0 Å². The van der Waals surface area contributed by atoms with E-state index < -0.39 is 26.0 Å². The number of hydrogen-bond acceptors (Lipinski definition) is 2. The Labute approximate surface area is 138 Å². The van der Waals surface area contributed by atoms with Crippen molar-refractivity contribution < 1.29 is 22.0 Å². The minimum atomic E-state index is -2.04. The highest BCUT2D eigenvalue weighted by molar-refractivity contribution is 6.66. The van der Waals surface area contributed by atoms with Gasteiger partial charge in [0, 0.05) is 13.2 Å². The van der Waals surface area contributed by atoms with E-state index in [9.17, 15) is 13.2 Å². The van der Waals surface area contributed by atoms with Crippen LogP contribution in [-0.4, -0.2) is 21.8 Å². The standard InChI is InChI=1S/C17H27F3O2Si/c1-4-21-23(3,22-5-2)11-9-7-6-8-10-14-12-15(18)17(20)16(19)13-14/h12-13H,4-11H2,1-3H3. The highest BCUT2D eigenvalue weighted by Gasteiger charge is 2.29. The zero-order valence-corrected chi connectivity index (χ0v) is 15.3. The van der Waals surface area contributed by atoms with Crippen molar-refractivity contribution in [2.24, 2.45) is 0 Å². The summed E-state index contributed by atoms with van der Waals surface area (Å²) in [6.45, 7) is 7.38. The van der Waals surface area contributed by atoms with E-state index in [0.717, 1.165) is 43.9 Å². The molecular weight excluding hydrogens is 321 g/mol. The molecule has 0 spiro atoms. The molecule has 0 aliphatic carbocycles. The SMILES string of the molecule is CCO[Si](C)(CCCCCCc1cc(F)c(F)c(F)c1)OCC. The maximum Gasteiger partial charge on any atom is 0.334 e. The van der Waals surface area contributed by atoms with Crippen molar-refractivity contribution in [1.82, 2.24) is 0 Å². The van der Waals surface area contributed by atoms with Gasteiger partial charge in [0.05, 0.1) is 0 Å². The number of benzene rings is 1.